The van der Waals surface area contributed by atoms with Crippen LogP contribution in [-0.4, -0.2) is 11.9 Å². The molecule has 1 saturated carbocycles. The average molecular weight is 246 g/mol. The molecule has 0 spiro atoms. The molecule has 3 nitrogen and oxygen atoms in total. The van der Waals surface area contributed by atoms with Crippen molar-refractivity contribution in [3.63, 3.8) is 0 Å². The van der Waals surface area contributed by atoms with Crippen LogP contribution >= 0.6 is 0 Å². The summed E-state index contributed by atoms with van der Waals surface area (Å²) in [5.41, 5.74) is 8.14. The fraction of sp³-hybridized carbons (Fsp3) is 0.533. The van der Waals surface area contributed by atoms with Gasteiger partial charge >= 0.3 is 0 Å². The quantitative estimate of drug-likeness (QED) is 0.622. The smallest absolute Gasteiger partial charge is 0.251 e. The number of nitrogens with two attached hydrogens (primary N) is 1. The van der Waals surface area contributed by atoms with Crippen LogP contribution in [0.4, 0.5) is 5.69 Å². The summed E-state index contributed by atoms with van der Waals surface area (Å²) >= 11 is 0. The van der Waals surface area contributed by atoms with E-state index in [0.29, 0.717) is 17.3 Å². The molecule has 1 aliphatic carbocycles. The summed E-state index contributed by atoms with van der Waals surface area (Å²) in [6, 6.07) is 5.85. The van der Waals surface area contributed by atoms with Gasteiger partial charge in [0.25, 0.3) is 5.91 Å². The van der Waals surface area contributed by atoms with E-state index < -0.39 is 0 Å². The van der Waals surface area contributed by atoms with Crippen molar-refractivity contribution in [2.45, 2.75) is 51.5 Å². The van der Waals surface area contributed by atoms with Gasteiger partial charge in [-0.2, -0.15) is 0 Å². The molecule has 3 N–H and O–H groups in total. The highest BCUT2D eigenvalue weighted by Crippen LogP contribution is 2.18. The molecule has 18 heavy (non-hydrogen) atoms. The minimum Gasteiger partial charge on any atom is -0.399 e. The minimum absolute atomic E-state index is 0.0114. The zero-order valence-electron chi connectivity index (χ0n) is 11.0. The van der Waals surface area contributed by atoms with E-state index in [2.05, 4.69) is 5.32 Å². The largest absolute Gasteiger partial charge is 0.399 e. The van der Waals surface area contributed by atoms with Crippen LogP contribution in [0, 0.1) is 6.92 Å². The summed E-state index contributed by atoms with van der Waals surface area (Å²) in [6.45, 7) is 1.96. The van der Waals surface area contributed by atoms with Crippen molar-refractivity contribution < 1.29 is 4.79 Å². The molecular formula is C15H22N2O. The standard InChI is InChI=1S/C15H22N2O/c1-11-8-12(10-13(16)9-11)15(18)17-14-6-4-2-3-5-7-14/h8-10,14H,2-7,16H2,1H3,(H,17,18). The summed E-state index contributed by atoms with van der Waals surface area (Å²) in [5.74, 6) is 0.0114. The van der Waals surface area contributed by atoms with E-state index in [-0.39, 0.29) is 5.91 Å². The lowest BCUT2D eigenvalue weighted by atomic mass is 10.1. The summed E-state index contributed by atoms with van der Waals surface area (Å²) in [6.07, 6.45) is 7.25. The molecule has 1 aromatic rings. The number of hydrogen-bond acceptors (Lipinski definition) is 2. The molecule has 1 aromatic carbocycles. The number of nitrogens with one attached hydrogen (secondary N) is 1. The number of aryl methyl sites for hydroxylation is 1. The second kappa shape index (κ2) is 5.89. The van der Waals surface area contributed by atoms with Gasteiger partial charge in [-0.05, 0) is 43.5 Å². The van der Waals surface area contributed by atoms with Gasteiger partial charge in [-0.3, -0.25) is 4.79 Å². The van der Waals surface area contributed by atoms with Crippen molar-refractivity contribution in [2.75, 3.05) is 5.73 Å². The Morgan fingerprint density at radius 1 is 1.17 bits per heavy atom. The number of carbonyl (C=O) groups excluding carboxylic acids is 1. The Morgan fingerprint density at radius 2 is 1.83 bits per heavy atom. The molecule has 0 radical (unpaired) electrons. The van der Waals surface area contributed by atoms with Crippen LogP contribution in [-0.2, 0) is 0 Å². The van der Waals surface area contributed by atoms with Gasteiger partial charge in [0, 0.05) is 17.3 Å². The molecule has 0 heterocycles. The summed E-state index contributed by atoms with van der Waals surface area (Å²) in [7, 11) is 0. The first-order valence-electron chi connectivity index (χ1n) is 6.83. The van der Waals surface area contributed by atoms with Crippen LogP contribution in [0.5, 0.6) is 0 Å². The maximum atomic E-state index is 12.2. The molecule has 2 rings (SSSR count). The predicted molar refractivity (Wildman–Crippen MR) is 74.5 cm³/mol. The molecule has 0 aromatic heterocycles. The van der Waals surface area contributed by atoms with E-state index in [4.69, 9.17) is 5.73 Å². The highest BCUT2D eigenvalue weighted by Gasteiger charge is 2.15. The van der Waals surface area contributed by atoms with E-state index >= 15 is 0 Å². The van der Waals surface area contributed by atoms with Crippen LogP contribution in [0.3, 0.4) is 0 Å². The number of hydrogen-bond donors (Lipinski definition) is 2. The van der Waals surface area contributed by atoms with Crippen LogP contribution in [0.15, 0.2) is 18.2 Å². The molecule has 1 aliphatic rings. The minimum atomic E-state index is 0.0114. The van der Waals surface area contributed by atoms with E-state index in [9.17, 15) is 4.79 Å². The van der Waals surface area contributed by atoms with E-state index in [1.54, 1.807) is 6.07 Å². The lowest BCUT2D eigenvalue weighted by Gasteiger charge is -2.16. The van der Waals surface area contributed by atoms with Gasteiger partial charge in [0.1, 0.15) is 0 Å². The number of anilines is 1. The monoisotopic (exact) mass is 246 g/mol. The topological polar surface area (TPSA) is 55.1 Å². The highest BCUT2D eigenvalue weighted by atomic mass is 16.1. The number of nitrogen functional groups attached to an aromatic ring is 1. The Bertz CT molecular complexity index is 400. The van der Waals surface area contributed by atoms with Gasteiger partial charge in [-0.1, -0.05) is 25.7 Å². The second-order valence-corrected chi connectivity index (χ2v) is 5.29. The molecule has 98 valence electrons. The fourth-order valence-electron chi connectivity index (χ4n) is 2.64. The maximum Gasteiger partial charge on any atom is 0.251 e. The van der Waals surface area contributed by atoms with Gasteiger partial charge in [0.2, 0.25) is 0 Å². The zero-order valence-corrected chi connectivity index (χ0v) is 11.0. The van der Waals surface area contributed by atoms with Crippen molar-refractivity contribution in [3.05, 3.63) is 29.3 Å². The molecule has 0 aliphatic heterocycles. The van der Waals surface area contributed by atoms with Gasteiger partial charge < -0.3 is 11.1 Å². The van der Waals surface area contributed by atoms with Gasteiger partial charge in [-0.15, -0.1) is 0 Å². The summed E-state index contributed by atoms with van der Waals surface area (Å²) in [5, 5.41) is 3.14. The third kappa shape index (κ3) is 3.49. The predicted octanol–water partition coefficient (Wildman–Crippen LogP) is 3.03. The van der Waals surface area contributed by atoms with E-state index in [1.807, 2.05) is 19.1 Å². The van der Waals surface area contributed by atoms with Crippen LogP contribution in [0.1, 0.15) is 54.4 Å². The Balaban J connectivity index is 2.01. The van der Waals surface area contributed by atoms with Gasteiger partial charge in [-0.25, -0.2) is 0 Å². The first kappa shape index (κ1) is 12.9. The number of carbonyl (C=O) groups is 1. The zero-order chi connectivity index (χ0) is 13.0. The first-order chi connectivity index (χ1) is 8.65. The lowest BCUT2D eigenvalue weighted by molar-refractivity contribution is 0.0933. The SMILES string of the molecule is Cc1cc(N)cc(C(=O)NC2CCCCCC2)c1. The molecule has 1 fully saturated rings. The molecular weight excluding hydrogens is 224 g/mol. The van der Waals surface area contributed by atoms with E-state index in [1.165, 1.54) is 25.7 Å². The lowest BCUT2D eigenvalue weighted by Crippen LogP contribution is -2.34. The van der Waals surface area contributed by atoms with Crippen molar-refractivity contribution >= 4 is 11.6 Å². The van der Waals surface area contributed by atoms with Crippen molar-refractivity contribution in [3.8, 4) is 0 Å². The van der Waals surface area contributed by atoms with Crippen LogP contribution in [0.2, 0.25) is 0 Å². The van der Waals surface area contributed by atoms with Crippen LogP contribution < -0.4 is 11.1 Å². The number of rotatable bonds is 2. The van der Waals surface area contributed by atoms with Crippen LogP contribution in [0.25, 0.3) is 0 Å². The molecule has 0 atom stereocenters. The Morgan fingerprint density at radius 3 is 2.44 bits per heavy atom. The van der Waals surface area contributed by atoms with Crippen molar-refractivity contribution in [1.82, 2.24) is 5.32 Å². The third-order valence-electron chi connectivity index (χ3n) is 3.55. The average Bonchev–Trinajstić information content (AvgIpc) is 2.56. The molecule has 1 amide bonds. The number of amides is 1. The highest BCUT2D eigenvalue weighted by molar-refractivity contribution is 5.95. The summed E-state index contributed by atoms with van der Waals surface area (Å²) < 4.78 is 0. The third-order valence-corrected chi connectivity index (χ3v) is 3.55. The Hall–Kier alpha value is -1.51. The normalized spacial score (nSPS) is 17.2. The molecule has 0 saturated heterocycles. The van der Waals surface area contributed by atoms with Gasteiger partial charge in [0.15, 0.2) is 0 Å². The molecule has 3 heteroatoms. The van der Waals surface area contributed by atoms with E-state index in [0.717, 1.165) is 18.4 Å². The summed E-state index contributed by atoms with van der Waals surface area (Å²) in [4.78, 5) is 12.2. The first-order valence-corrected chi connectivity index (χ1v) is 6.83. The fourth-order valence-corrected chi connectivity index (χ4v) is 2.64. The maximum absolute atomic E-state index is 12.2. The van der Waals surface area contributed by atoms with Gasteiger partial charge in [0.05, 0.1) is 0 Å². The Kier molecular flexibility index (Phi) is 4.24. The second-order valence-electron chi connectivity index (χ2n) is 5.29. The Labute approximate surface area is 109 Å². The van der Waals surface area contributed by atoms with Crippen molar-refractivity contribution in [2.24, 2.45) is 0 Å². The number of benzene rings is 1. The van der Waals surface area contributed by atoms with Crippen molar-refractivity contribution in [1.29, 1.82) is 0 Å². The molecule has 0 unspecified atom stereocenters. The molecule has 0 bridgehead atoms.